The lowest BCUT2D eigenvalue weighted by Crippen LogP contribution is -2.45. The van der Waals surface area contributed by atoms with E-state index in [4.69, 9.17) is 0 Å². The Kier molecular flexibility index (Phi) is 4.25. The number of phenolic OH excluding ortho intramolecular Hbond substituents is 1. The average Bonchev–Trinajstić information content (AvgIpc) is 2.36. The van der Waals surface area contributed by atoms with Gasteiger partial charge in [-0.05, 0) is 43.5 Å². The summed E-state index contributed by atoms with van der Waals surface area (Å²) in [5, 5.41) is 19.8. The minimum absolute atomic E-state index is 0.281. The van der Waals surface area contributed by atoms with Gasteiger partial charge in [0, 0.05) is 19.5 Å². The Morgan fingerprint density at radius 3 is 2.33 bits per heavy atom. The van der Waals surface area contributed by atoms with Gasteiger partial charge in [0.25, 0.3) is 0 Å². The van der Waals surface area contributed by atoms with Crippen molar-refractivity contribution in [2.24, 2.45) is 0 Å². The number of aliphatic hydroxyl groups is 1. The van der Waals surface area contributed by atoms with E-state index in [1.165, 1.54) is 6.42 Å². The monoisotopic (exact) mass is 249 g/mol. The molecule has 0 aliphatic carbocycles. The zero-order valence-electron chi connectivity index (χ0n) is 11.1. The molecule has 1 aromatic carbocycles. The third-order valence-corrected chi connectivity index (χ3v) is 3.80. The van der Waals surface area contributed by atoms with Crippen LogP contribution in [-0.4, -0.2) is 40.3 Å². The number of piperidine rings is 1. The van der Waals surface area contributed by atoms with Gasteiger partial charge in [-0.1, -0.05) is 19.1 Å². The molecule has 100 valence electrons. The second-order valence-corrected chi connectivity index (χ2v) is 5.41. The number of rotatable bonds is 4. The van der Waals surface area contributed by atoms with Gasteiger partial charge in [-0.25, -0.2) is 0 Å². The summed E-state index contributed by atoms with van der Waals surface area (Å²) in [5.74, 6) is 0.281. The number of likely N-dealkylation sites (tertiary alicyclic amines) is 1. The van der Waals surface area contributed by atoms with Crippen LogP contribution in [0.5, 0.6) is 5.75 Å². The van der Waals surface area contributed by atoms with Gasteiger partial charge in [-0.3, -0.25) is 0 Å². The van der Waals surface area contributed by atoms with Gasteiger partial charge >= 0.3 is 0 Å². The molecule has 1 aliphatic rings. The van der Waals surface area contributed by atoms with Crippen LogP contribution < -0.4 is 0 Å². The van der Waals surface area contributed by atoms with E-state index in [9.17, 15) is 10.2 Å². The molecule has 0 bridgehead atoms. The summed E-state index contributed by atoms with van der Waals surface area (Å²) in [4.78, 5) is 2.42. The summed E-state index contributed by atoms with van der Waals surface area (Å²) in [6, 6.07) is 7.16. The third kappa shape index (κ3) is 3.47. The molecule has 0 radical (unpaired) electrons. The van der Waals surface area contributed by atoms with Gasteiger partial charge in [-0.15, -0.1) is 0 Å². The number of hydrogen-bond donors (Lipinski definition) is 2. The van der Waals surface area contributed by atoms with Gasteiger partial charge in [-0.2, -0.15) is 0 Å². The maximum absolute atomic E-state index is 10.6. The summed E-state index contributed by atoms with van der Waals surface area (Å²) in [6.45, 7) is 5.30. The normalized spacial score (nSPS) is 19.9. The molecular weight excluding hydrogens is 226 g/mol. The minimum Gasteiger partial charge on any atom is -0.508 e. The van der Waals surface area contributed by atoms with E-state index >= 15 is 0 Å². The van der Waals surface area contributed by atoms with Crippen LogP contribution in [0.2, 0.25) is 0 Å². The molecule has 2 rings (SSSR count). The van der Waals surface area contributed by atoms with E-state index in [0.717, 1.165) is 38.0 Å². The number of nitrogens with zero attached hydrogens (tertiary/aromatic N) is 1. The van der Waals surface area contributed by atoms with Gasteiger partial charge in [0.05, 0.1) is 5.60 Å². The Morgan fingerprint density at radius 2 is 1.78 bits per heavy atom. The summed E-state index contributed by atoms with van der Waals surface area (Å²) in [5.41, 5.74) is 0.528. The maximum atomic E-state index is 10.6. The van der Waals surface area contributed by atoms with Crippen LogP contribution in [0, 0.1) is 0 Å². The van der Waals surface area contributed by atoms with E-state index in [1.807, 2.05) is 12.1 Å². The molecule has 0 unspecified atom stereocenters. The summed E-state index contributed by atoms with van der Waals surface area (Å²) in [6.07, 6.45) is 3.55. The molecule has 1 saturated heterocycles. The van der Waals surface area contributed by atoms with Crippen molar-refractivity contribution < 1.29 is 10.2 Å². The van der Waals surface area contributed by atoms with E-state index in [2.05, 4.69) is 11.8 Å². The highest BCUT2D eigenvalue weighted by atomic mass is 16.3. The first kappa shape index (κ1) is 13.4. The highest BCUT2D eigenvalue weighted by Gasteiger charge is 2.31. The number of hydrogen-bond acceptors (Lipinski definition) is 3. The Morgan fingerprint density at radius 1 is 1.17 bits per heavy atom. The van der Waals surface area contributed by atoms with Crippen LogP contribution in [-0.2, 0) is 6.42 Å². The van der Waals surface area contributed by atoms with Gasteiger partial charge in [0.15, 0.2) is 0 Å². The fourth-order valence-corrected chi connectivity index (χ4v) is 2.68. The molecule has 0 aromatic heterocycles. The van der Waals surface area contributed by atoms with Crippen molar-refractivity contribution in [2.75, 3.05) is 19.6 Å². The molecule has 1 aliphatic heterocycles. The van der Waals surface area contributed by atoms with E-state index in [1.54, 1.807) is 12.1 Å². The standard InChI is InChI=1S/C15H23NO2/c1-2-9-16-10-7-15(18,8-11-16)12-13-3-5-14(17)6-4-13/h3-6,17-18H,2,7-12H2,1H3. The molecule has 1 aromatic rings. The molecule has 3 nitrogen and oxygen atoms in total. The lowest BCUT2D eigenvalue weighted by Gasteiger charge is -2.38. The topological polar surface area (TPSA) is 43.7 Å². The summed E-state index contributed by atoms with van der Waals surface area (Å²) in [7, 11) is 0. The van der Waals surface area contributed by atoms with Crippen LogP contribution in [0.1, 0.15) is 31.7 Å². The van der Waals surface area contributed by atoms with E-state index in [-0.39, 0.29) is 5.75 Å². The lowest BCUT2D eigenvalue weighted by atomic mass is 9.85. The predicted octanol–water partition coefficient (Wildman–Crippen LogP) is 2.17. The maximum Gasteiger partial charge on any atom is 0.115 e. The molecule has 1 fully saturated rings. The van der Waals surface area contributed by atoms with Crippen molar-refractivity contribution in [1.82, 2.24) is 4.90 Å². The first-order valence-corrected chi connectivity index (χ1v) is 6.84. The molecule has 2 N–H and O–H groups in total. The van der Waals surface area contributed by atoms with E-state index in [0.29, 0.717) is 6.42 Å². The lowest BCUT2D eigenvalue weighted by molar-refractivity contribution is -0.0205. The van der Waals surface area contributed by atoms with Crippen molar-refractivity contribution in [2.45, 2.75) is 38.2 Å². The van der Waals surface area contributed by atoms with Crippen molar-refractivity contribution in [3.8, 4) is 5.75 Å². The fraction of sp³-hybridized carbons (Fsp3) is 0.600. The highest BCUT2D eigenvalue weighted by Crippen LogP contribution is 2.27. The van der Waals surface area contributed by atoms with Crippen molar-refractivity contribution in [3.05, 3.63) is 29.8 Å². The molecule has 1 heterocycles. The Hall–Kier alpha value is -1.06. The zero-order chi connectivity index (χ0) is 13.0. The molecule has 0 spiro atoms. The van der Waals surface area contributed by atoms with Crippen LogP contribution in [0.4, 0.5) is 0 Å². The average molecular weight is 249 g/mol. The second kappa shape index (κ2) is 5.72. The van der Waals surface area contributed by atoms with Crippen LogP contribution in [0.3, 0.4) is 0 Å². The SMILES string of the molecule is CCCN1CCC(O)(Cc2ccc(O)cc2)CC1. The minimum atomic E-state index is -0.568. The molecule has 0 atom stereocenters. The number of benzene rings is 1. The second-order valence-electron chi connectivity index (χ2n) is 5.41. The first-order valence-electron chi connectivity index (χ1n) is 6.84. The predicted molar refractivity (Wildman–Crippen MR) is 72.7 cm³/mol. The number of aromatic hydroxyl groups is 1. The first-order chi connectivity index (χ1) is 8.61. The van der Waals surface area contributed by atoms with Crippen LogP contribution in [0.15, 0.2) is 24.3 Å². The van der Waals surface area contributed by atoms with Gasteiger partial charge in [0.2, 0.25) is 0 Å². The fourth-order valence-electron chi connectivity index (χ4n) is 2.68. The zero-order valence-corrected chi connectivity index (χ0v) is 11.1. The Labute approximate surface area is 109 Å². The molecule has 0 saturated carbocycles. The smallest absolute Gasteiger partial charge is 0.115 e. The number of phenols is 1. The van der Waals surface area contributed by atoms with Crippen molar-refractivity contribution >= 4 is 0 Å². The Balaban J connectivity index is 1.91. The quantitative estimate of drug-likeness (QED) is 0.859. The van der Waals surface area contributed by atoms with E-state index < -0.39 is 5.60 Å². The van der Waals surface area contributed by atoms with Crippen molar-refractivity contribution in [1.29, 1.82) is 0 Å². The third-order valence-electron chi connectivity index (χ3n) is 3.80. The van der Waals surface area contributed by atoms with Crippen LogP contribution >= 0.6 is 0 Å². The van der Waals surface area contributed by atoms with Crippen molar-refractivity contribution in [3.63, 3.8) is 0 Å². The van der Waals surface area contributed by atoms with Crippen LogP contribution in [0.25, 0.3) is 0 Å². The molecular formula is C15H23NO2. The molecule has 18 heavy (non-hydrogen) atoms. The Bertz CT molecular complexity index is 367. The summed E-state index contributed by atoms with van der Waals surface area (Å²) < 4.78 is 0. The van der Waals surface area contributed by atoms with Gasteiger partial charge < -0.3 is 15.1 Å². The van der Waals surface area contributed by atoms with Gasteiger partial charge in [0.1, 0.15) is 5.75 Å². The summed E-state index contributed by atoms with van der Waals surface area (Å²) >= 11 is 0. The highest BCUT2D eigenvalue weighted by molar-refractivity contribution is 5.27. The molecule has 0 amide bonds. The largest absolute Gasteiger partial charge is 0.508 e. The molecule has 3 heteroatoms.